The number of aryl methyl sites for hydroxylation is 1. The van der Waals surface area contributed by atoms with Crippen molar-refractivity contribution >= 4 is 17.5 Å². The van der Waals surface area contributed by atoms with Gasteiger partial charge in [0.15, 0.2) is 5.76 Å². The van der Waals surface area contributed by atoms with E-state index in [1.54, 1.807) is 19.1 Å². The molecule has 132 valence electrons. The number of piperazine rings is 1. The molecule has 0 saturated carbocycles. The van der Waals surface area contributed by atoms with Crippen molar-refractivity contribution in [3.8, 4) is 0 Å². The monoisotopic (exact) mass is 341 g/mol. The highest BCUT2D eigenvalue weighted by atomic mass is 16.3. The van der Waals surface area contributed by atoms with Crippen LogP contribution in [0.1, 0.15) is 23.0 Å². The van der Waals surface area contributed by atoms with E-state index < -0.39 is 6.04 Å². The maximum absolute atomic E-state index is 12.6. The first-order chi connectivity index (χ1) is 12.1. The van der Waals surface area contributed by atoms with Crippen molar-refractivity contribution < 1.29 is 14.0 Å². The lowest BCUT2D eigenvalue weighted by molar-refractivity contribution is -0.133. The molecule has 1 atom stereocenters. The summed E-state index contributed by atoms with van der Waals surface area (Å²) in [6.45, 7) is 6.67. The third kappa shape index (κ3) is 3.84. The van der Waals surface area contributed by atoms with Crippen molar-refractivity contribution in [2.45, 2.75) is 19.9 Å². The average molecular weight is 341 g/mol. The molecule has 0 bridgehead atoms. The fourth-order valence-corrected chi connectivity index (χ4v) is 3.10. The van der Waals surface area contributed by atoms with Gasteiger partial charge in [-0.15, -0.1) is 0 Å². The SMILES string of the molecule is Cc1ccccc1N1CCN(C(=O)C(C)NC(=O)c2ccco2)CC1. The van der Waals surface area contributed by atoms with Crippen LogP contribution in [0, 0.1) is 6.92 Å². The van der Waals surface area contributed by atoms with E-state index in [4.69, 9.17) is 4.42 Å². The van der Waals surface area contributed by atoms with Crippen molar-refractivity contribution in [2.24, 2.45) is 0 Å². The molecule has 2 aromatic rings. The molecule has 1 unspecified atom stereocenters. The topological polar surface area (TPSA) is 65.8 Å². The second-order valence-electron chi connectivity index (χ2n) is 6.27. The van der Waals surface area contributed by atoms with Gasteiger partial charge in [-0.05, 0) is 37.6 Å². The third-order valence-corrected chi connectivity index (χ3v) is 4.51. The summed E-state index contributed by atoms with van der Waals surface area (Å²) in [7, 11) is 0. The van der Waals surface area contributed by atoms with Gasteiger partial charge in [0.25, 0.3) is 5.91 Å². The van der Waals surface area contributed by atoms with Gasteiger partial charge in [-0.1, -0.05) is 18.2 Å². The zero-order chi connectivity index (χ0) is 17.8. The summed E-state index contributed by atoms with van der Waals surface area (Å²) in [5.41, 5.74) is 2.45. The zero-order valence-electron chi connectivity index (χ0n) is 14.6. The maximum atomic E-state index is 12.6. The van der Waals surface area contributed by atoms with Crippen LogP contribution in [0.15, 0.2) is 47.1 Å². The number of hydrogen-bond acceptors (Lipinski definition) is 4. The number of rotatable bonds is 4. The molecule has 25 heavy (non-hydrogen) atoms. The predicted octanol–water partition coefficient (Wildman–Crippen LogP) is 2.06. The Morgan fingerprint density at radius 2 is 1.80 bits per heavy atom. The minimum Gasteiger partial charge on any atom is -0.459 e. The molecular weight excluding hydrogens is 318 g/mol. The number of furan rings is 1. The quantitative estimate of drug-likeness (QED) is 0.924. The van der Waals surface area contributed by atoms with Crippen LogP contribution in [0.4, 0.5) is 5.69 Å². The van der Waals surface area contributed by atoms with E-state index in [0.29, 0.717) is 13.1 Å². The Balaban J connectivity index is 1.54. The minimum absolute atomic E-state index is 0.0654. The van der Waals surface area contributed by atoms with E-state index >= 15 is 0 Å². The number of anilines is 1. The van der Waals surface area contributed by atoms with Crippen molar-refractivity contribution in [1.82, 2.24) is 10.2 Å². The van der Waals surface area contributed by atoms with Crippen LogP contribution < -0.4 is 10.2 Å². The Labute approximate surface area is 147 Å². The lowest BCUT2D eigenvalue weighted by Crippen LogP contribution is -2.54. The van der Waals surface area contributed by atoms with Gasteiger partial charge in [-0.2, -0.15) is 0 Å². The summed E-state index contributed by atoms with van der Waals surface area (Å²) in [4.78, 5) is 28.7. The van der Waals surface area contributed by atoms with Gasteiger partial charge in [0, 0.05) is 31.9 Å². The van der Waals surface area contributed by atoms with Gasteiger partial charge in [0.05, 0.1) is 6.26 Å². The van der Waals surface area contributed by atoms with Crippen LogP contribution in [0.2, 0.25) is 0 Å². The summed E-state index contributed by atoms with van der Waals surface area (Å²) < 4.78 is 5.05. The van der Waals surface area contributed by atoms with Crippen molar-refractivity contribution in [1.29, 1.82) is 0 Å². The Hall–Kier alpha value is -2.76. The van der Waals surface area contributed by atoms with Gasteiger partial charge in [-0.25, -0.2) is 0 Å². The molecule has 0 spiro atoms. The average Bonchev–Trinajstić information content (AvgIpc) is 3.16. The van der Waals surface area contributed by atoms with Crippen LogP contribution in [-0.2, 0) is 4.79 Å². The minimum atomic E-state index is -0.581. The van der Waals surface area contributed by atoms with Crippen LogP contribution in [-0.4, -0.2) is 48.9 Å². The Bertz CT molecular complexity index is 734. The Kier molecular flexibility index (Phi) is 5.07. The Morgan fingerprint density at radius 3 is 2.44 bits per heavy atom. The molecule has 1 N–H and O–H groups in total. The van der Waals surface area contributed by atoms with Gasteiger partial charge in [0.2, 0.25) is 5.91 Å². The predicted molar refractivity (Wildman–Crippen MR) is 95.6 cm³/mol. The summed E-state index contributed by atoms with van der Waals surface area (Å²) in [6.07, 6.45) is 1.44. The first-order valence-corrected chi connectivity index (χ1v) is 8.50. The van der Waals surface area contributed by atoms with Crippen LogP contribution >= 0.6 is 0 Å². The second-order valence-corrected chi connectivity index (χ2v) is 6.27. The Morgan fingerprint density at radius 1 is 1.08 bits per heavy atom. The standard InChI is InChI=1S/C19H23N3O3/c1-14-6-3-4-7-16(14)21-9-11-22(12-10-21)19(24)15(2)20-18(23)17-8-5-13-25-17/h3-8,13,15H,9-12H2,1-2H3,(H,20,23). The number of benzene rings is 1. The third-order valence-electron chi connectivity index (χ3n) is 4.51. The normalized spacial score (nSPS) is 15.8. The molecule has 1 aromatic carbocycles. The highest BCUT2D eigenvalue weighted by Gasteiger charge is 2.26. The lowest BCUT2D eigenvalue weighted by Gasteiger charge is -2.37. The summed E-state index contributed by atoms with van der Waals surface area (Å²) in [5.74, 6) is -0.224. The van der Waals surface area contributed by atoms with E-state index in [0.717, 1.165) is 13.1 Å². The number of hydrogen-bond donors (Lipinski definition) is 1. The maximum Gasteiger partial charge on any atom is 0.287 e. The molecule has 1 saturated heterocycles. The van der Waals surface area contributed by atoms with E-state index in [1.165, 1.54) is 17.5 Å². The molecule has 0 aliphatic carbocycles. The first kappa shape index (κ1) is 17.1. The van der Waals surface area contributed by atoms with Crippen molar-refractivity contribution in [3.63, 3.8) is 0 Å². The molecule has 6 heteroatoms. The summed E-state index contributed by atoms with van der Waals surface area (Å²) in [5, 5.41) is 2.69. The van der Waals surface area contributed by atoms with Crippen LogP contribution in [0.3, 0.4) is 0 Å². The lowest BCUT2D eigenvalue weighted by atomic mass is 10.1. The number of amides is 2. The summed E-state index contributed by atoms with van der Waals surface area (Å²) in [6, 6.07) is 10.9. The molecule has 2 heterocycles. The number of nitrogens with one attached hydrogen (secondary N) is 1. The van der Waals surface area contributed by atoms with Gasteiger partial charge < -0.3 is 19.5 Å². The largest absolute Gasteiger partial charge is 0.459 e. The van der Waals surface area contributed by atoms with E-state index in [9.17, 15) is 9.59 Å². The van der Waals surface area contributed by atoms with E-state index in [-0.39, 0.29) is 17.6 Å². The van der Waals surface area contributed by atoms with Crippen molar-refractivity contribution in [3.05, 3.63) is 54.0 Å². The second kappa shape index (κ2) is 7.42. The summed E-state index contributed by atoms with van der Waals surface area (Å²) >= 11 is 0. The fourth-order valence-electron chi connectivity index (χ4n) is 3.10. The number of para-hydroxylation sites is 1. The van der Waals surface area contributed by atoms with Crippen molar-refractivity contribution in [2.75, 3.05) is 31.1 Å². The molecule has 0 radical (unpaired) electrons. The number of carbonyl (C=O) groups is 2. The van der Waals surface area contributed by atoms with Gasteiger partial charge in [-0.3, -0.25) is 9.59 Å². The van der Waals surface area contributed by atoms with Gasteiger partial charge in [0.1, 0.15) is 6.04 Å². The molecule has 1 fully saturated rings. The zero-order valence-corrected chi connectivity index (χ0v) is 14.6. The number of carbonyl (C=O) groups excluding carboxylic acids is 2. The fraction of sp³-hybridized carbons (Fsp3) is 0.368. The smallest absolute Gasteiger partial charge is 0.287 e. The van der Waals surface area contributed by atoms with Gasteiger partial charge >= 0.3 is 0 Å². The highest BCUT2D eigenvalue weighted by Crippen LogP contribution is 2.21. The molecule has 6 nitrogen and oxygen atoms in total. The van der Waals surface area contributed by atoms with Crippen LogP contribution in [0.5, 0.6) is 0 Å². The molecule has 1 aliphatic heterocycles. The molecule has 3 rings (SSSR count). The van der Waals surface area contributed by atoms with E-state index in [1.807, 2.05) is 17.0 Å². The van der Waals surface area contributed by atoms with E-state index in [2.05, 4.69) is 29.3 Å². The highest BCUT2D eigenvalue weighted by molar-refractivity contribution is 5.95. The molecule has 1 aliphatic rings. The first-order valence-electron chi connectivity index (χ1n) is 8.50. The molecule has 2 amide bonds. The molecule has 1 aromatic heterocycles. The van der Waals surface area contributed by atoms with Crippen LogP contribution in [0.25, 0.3) is 0 Å². The number of nitrogens with zero attached hydrogens (tertiary/aromatic N) is 2. The molecular formula is C19H23N3O3.